The van der Waals surface area contributed by atoms with Crippen LogP contribution in [0.4, 0.5) is 0 Å². The Bertz CT molecular complexity index is 421. The van der Waals surface area contributed by atoms with Gasteiger partial charge in [0.25, 0.3) is 0 Å². The number of pyridine rings is 1. The molecule has 0 aliphatic carbocycles. The van der Waals surface area contributed by atoms with Crippen LogP contribution in [-0.2, 0) is 5.41 Å². The van der Waals surface area contributed by atoms with Crippen molar-refractivity contribution in [1.29, 1.82) is 0 Å². The average molecular weight is 202 g/mol. The molecule has 15 heavy (non-hydrogen) atoms. The Balaban J connectivity index is 2.33. The lowest BCUT2D eigenvalue weighted by Crippen LogP contribution is -2.41. The van der Waals surface area contributed by atoms with Crippen LogP contribution in [0.15, 0.2) is 43.0 Å². The molecule has 0 radical (unpaired) electrons. The second-order valence-corrected chi connectivity index (χ2v) is 4.64. The number of hydrogen-bond acceptors (Lipinski definition) is 1. The third kappa shape index (κ3) is 2.06. The molecule has 0 N–H and O–H groups in total. The Kier molecular flexibility index (Phi) is 2.31. The third-order valence-electron chi connectivity index (χ3n) is 2.41. The lowest BCUT2D eigenvalue weighted by atomic mass is 9.88. The largest absolute Gasteiger partial charge is 0.167 e. The van der Waals surface area contributed by atoms with Gasteiger partial charge in [-0.1, -0.05) is 20.8 Å². The van der Waals surface area contributed by atoms with Gasteiger partial charge in [0.2, 0.25) is 0 Å². The van der Waals surface area contributed by atoms with Crippen LogP contribution in [0.2, 0.25) is 0 Å². The van der Waals surface area contributed by atoms with Gasteiger partial charge in [-0.05, 0) is 27.9 Å². The van der Waals surface area contributed by atoms with Crippen LogP contribution in [0.25, 0.3) is 0 Å². The van der Waals surface area contributed by atoms with Crippen molar-refractivity contribution in [2.75, 3.05) is 0 Å². The quantitative estimate of drug-likeness (QED) is 0.646. The summed E-state index contributed by atoms with van der Waals surface area (Å²) in [6.07, 6.45) is 7.72. The number of hydrogen-bond donors (Lipinski definition) is 0. The van der Waals surface area contributed by atoms with Crippen molar-refractivity contribution >= 4 is 0 Å². The van der Waals surface area contributed by atoms with Gasteiger partial charge in [-0.2, -0.15) is 0 Å². The summed E-state index contributed by atoms with van der Waals surface area (Å²) in [5.41, 5.74) is 1.52. The van der Waals surface area contributed by atoms with E-state index in [1.54, 1.807) is 11.0 Å². The van der Waals surface area contributed by atoms with Crippen LogP contribution in [0.5, 0.6) is 0 Å². The molecule has 0 aliphatic rings. The summed E-state index contributed by atoms with van der Waals surface area (Å²) in [4.78, 5) is 1.78. The van der Waals surface area contributed by atoms with Gasteiger partial charge in [-0.25, -0.2) is 0 Å². The first kappa shape index (κ1) is 9.90. The molecule has 2 aromatic heterocycles. The second-order valence-electron chi connectivity index (χ2n) is 4.64. The Morgan fingerprint density at radius 3 is 2.33 bits per heavy atom. The number of nitrogens with zero attached hydrogens (tertiary/aromatic N) is 3. The molecule has 0 saturated heterocycles. The standard InChI is InChI=1S/C12H16N3/c1-12(2,3)11-5-9-14(10-6-11)15-8-4-7-13-15/h4-10H,1-3H3/q+1. The highest BCUT2D eigenvalue weighted by molar-refractivity contribution is 5.17. The molecule has 2 heterocycles. The van der Waals surface area contributed by atoms with Crippen LogP contribution in [-0.4, -0.2) is 9.89 Å². The van der Waals surface area contributed by atoms with Gasteiger partial charge in [0, 0.05) is 11.2 Å². The lowest BCUT2D eigenvalue weighted by Gasteiger charge is -2.17. The predicted molar refractivity (Wildman–Crippen MR) is 58.4 cm³/mol. The monoisotopic (exact) mass is 202 g/mol. The van der Waals surface area contributed by atoms with Crippen molar-refractivity contribution in [3.05, 3.63) is 48.5 Å². The van der Waals surface area contributed by atoms with Gasteiger partial charge in [-0.15, -0.1) is 4.68 Å². The van der Waals surface area contributed by atoms with Crippen LogP contribution >= 0.6 is 0 Å². The molecule has 2 aromatic rings. The van der Waals surface area contributed by atoms with Crippen LogP contribution < -0.4 is 4.68 Å². The summed E-state index contributed by atoms with van der Waals surface area (Å²) in [6, 6.07) is 6.16. The summed E-state index contributed by atoms with van der Waals surface area (Å²) in [5, 5.41) is 4.16. The van der Waals surface area contributed by atoms with Gasteiger partial charge in [0.1, 0.15) is 12.4 Å². The van der Waals surface area contributed by atoms with Gasteiger partial charge in [0.05, 0.1) is 6.20 Å². The summed E-state index contributed by atoms with van der Waals surface area (Å²) < 4.78 is 1.94. The highest BCUT2D eigenvalue weighted by atomic mass is 15.6. The van der Waals surface area contributed by atoms with E-state index in [4.69, 9.17) is 0 Å². The van der Waals surface area contributed by atoms with E-state index in [0.29, 0.717) is 0 Å². The molecular weight excluding hydrogens is 186 g/mol. The minimum Gasteiger partial charge on any atom is -0.133 e. The fraction of sp³-hybridized carbons (Fsp3) is 0.333. The lowest BCUT2D eigenvalue weighted by molar-refractivity contribution is -0.736. The summed E-state index contributed by atoms with van der Waals surface area (Å²) >= 11 is 0. The van der Waals surface area contributed by atoms with Gasteiger partial charge < -0.3 is 0 Å². The highest BCUT2D eigenvalue weighted by Gasteiger charge is 2.14. The first-order valence-corrected chi connectivity index (χ1v) is 5.09. The molecule has 0 aromatic carbocycles. The first-order valence-electron chi connectivity index (χ1n) is 5.09. The van der Waals surface area contributed by atoms with Gasteiger partial charge in [0.15, 0.2) is 6.20 Å². The molecular formula is C12H16N3+. The minimum atomic E-state index is 0.198. The molecule has 0 unspecified atom stereocenters. The zero-order valence-corrected chi connectivity index (χ0v) is 9.38. The summed E-state index contributed by atoms with van der Waals surface area (Å²) in [6.45, 7) is 6.63. The zero-order valence-electron chi connectivity index (χ0n) is 9.38. The van der Waals surface area contributed by atoms with E-state index < -0.39 is 0 Å². The van der Waals surface area contributed by atoms with E-state index in [-0.39, 0.29) is 5.41 Å². The maximum absolute atomic E-state index is 4.16. The second kappa shape index (κ2) is 3.50. The van der Waals surface area contributed by atoms with Crippen LogP contribution in [0.1, 0.15) is 26.3 Å². The molecule has 3 nitrogen and oxygen atoms in total. The van der Waals surface area contributed by atoms with Crippen LogP contribution in [0.3, 0.4) is 0 Å². The smallest absolute Gasteiger partial charge is 0.133 e. The minimum absolute atomic E-state index is 0.198. The molecule has 0 spiro atoms. The molecule has 0 amide bonds. The van der Waals surface area contributed by atoms with E-state index in [0.717, 1.165) is 0 Å². The van der Waals surface area contributed by atoms with Crippen molar-refractivity contribution in [1.82, 2.24) is 9.89 Å². The van der Waals surface area contributed by atoms with Crippen molar-refractivity contribution in [3.63, 3.8) is 0 Å². The first-order chi connectivity index (χ1) is 7.07. The van der Waals surface area contributed by atoms with Crippen molar-refractivity contribution in [3.8, 4) is 0 Å². The fourth-order valence-corrected chi connectivity index (χ4v) is 1.45. The highest BCUT2D eigenvalue weighted by Crippen LogP contribution is 2.19. The summed E-state index contributed by atoms with van der Waals surface area (Å²) in [7, 11) is 0. The molecule has 0 saturated carbocycles. The molecule has 0 bridgehead atoms. The molecule has 3 heteroatoms. The van der Waals surface area contributed by atoms with Gasteiger partial charge >= 0.3 is 0 Å². The maximum atomic E-state index is 4.16. The Hall–Kier alpha value is -1.64. The van der Waals surface area contributed by atoms with Crippen molar-refractivity contribution < 1.29 is 4.68 Å². The van der Waals surface area contributed by atoms with E-state index in [1.165, 1.54) is 5.56 Å². The molecule has 0 fully saturated rings. The topological polar surface area (TPSA) is 21.7 Å². The number of rotatable bonds is 1. The molecule has 78 valence electrons. The van der Waals surface area contributed by atoms with Gasteiger partial charge in [-0.3, -0.25) is 0 Å². The Morgan fingerprint density at radius 2 is 1.87 bits per heavy atom. The molecule has 0 atom stereocenters. The average Bonchev–Trinajstić information content (AvgIpc) is 2.69. The molecule has 2 rings (SSSR count). The molecule has 0 aliphatic heterocycles. The SMILES string of the molecule is CC(C)(C)c1cc[n+](-n2cccn2)cc1. The Labute approximate surface area is 90.0 Å². The van der Waals surface area contributed by atoms with E-state index in [1.807, 2.05) is 29.3 Å². The summed E-state index contributed by atoms with van der Waals surface area (Å²) in [5.74, 6) is 0. The van der Waals surface area contributed by atoms with E-state index in [2.05, 4.69) is 38.0 Å². The Morgan fingerprint density at radius 1 is 1.20 bits per heavy atom. The maximum Gasteiger partial charge on any atom is 0.167 e. The third-order valence-corrected chi connectivity index (χ3v) is 2.41. The zero-order chi connectivity index (χ0) is 10.9. The van der Waals surface area contributed by atoms with E-state index >= 15 is 0 Å². The fourth-order valence-electron chi connectivity index (χ4n) is 1.45. The number of aromatic nitrogens is 3. The van der Waals surface area contributed by atoms with Crippen molar-refractivity contribution in [2.24, 2.45) is 0 Å². The normalized spacial score (nSPS) is 11.7. The van der Waals surface area contributed by atoms with E-state index in [9.17, 15) is 0 Å². The van der Waals surface area contributed by atoms with Crippen LogP contribution in [0, 0.1) is 0 Å². The predicted octanol–water partition coefficient (Wildman–Crippen LogP) is 1.78. The van der Waals surface area contributed by atoms with Crippen molar-refractivity contribution in [2.45, 2.75) is 26.2 Å².